The van der Waals surface area contributed by atoms with Gasteiger partial charge in [0.1, 0.15) is 30.2 Å². The van der Waals surface area contributed by atoms with Crippen LogP contribution in [0.15, 0.2) is 29.6 Å². The highest BCUT2D eigenvalue weighted by Gasteiger charge is 2.44. The Morgan fingerprint density at radius 2 is 2.04 bits per heavy atom. The van der Waals surface area contributed by atoms with Crippen molar-refractivity contribution < 1.29 is 29.6 Å². The molecule has 0 aliphatic carbocycles. The molecule has 1 fully saturated rings. The summed E-state index contributed by atoms with van der Waals surface area (Å²) in [7, 11) is 1.21. The average Bonchev–Trinajstić information content (AvgIpc) is 3.22. The predicted octanol–water partition coefficient (Wildman–Crippen LogP) is -1.56. The maximum atomic E-state index is 12.3. The molecular formula is C16H16N4O7. The van der Waals surface area contributed by atoms with Crippen LogP contribution in [-0.4, -0.2) is 72.3 Å². The fraction of sp³-hybridized carbons (Fsp3) is 0.375. The van der Waals surface area contributed by atoms with Crippen molar-refractivity contribution in [3.63, 3.8) is 0 Å². The van der Waals surface area contributed by atoms with Crippen LogP contribution in [0.1, 0.15) is 16.6 Å². The van der Waals surface area contributed by atoms with E-state index in [2.05, 4.69) is 14.7 Å². The number of aliphatic hydroxyl groups excluding tert-OH is 3. The topological polar surface area (TPSA) is 148 Å². The number of ether oxygens (including phenoxy) is 2. The first-order valence-corrected chi connectivity index (χ1v) is 8.05. The van der Waals surface area contributed by atoms with E-state index in [1.54, 1.807) is 0 Å². The maximum absolute atomic E-state index is 12.3. The normalized spacial score (nSPS) is 25.3. The minimum absolute atomic E-state index is 0.0671. The predicted molar refractivity (Wildman–Crippen MR) is 89.1 cm³/mol. The van der Waals surface area contributed by atoms with Gasteiger partial charge in [-0.25, -0.2) is 14.8 Å². The molecule has 1 aliphatic heterocycles. The zero-order chi connectivity index (χ0) is 19.3. The van der Waals surface area contributed by atoms with Crippen molar-refractivity contribution >= 4 is 22.6 Å². The lowest BCUT2D eigenvalue weighted by Gasteiger charge is -2.16. The number of aromatic nitrogens is 4. The van der Waals surface area contributed by atoms with E-state index in [9.17, 15) is 24.9 Å². The molecule has 142 valence electrons. The van der Waals surface area contributed by atoms with Gasteiger partial charge in [-0.1, -0.05) is 0 Å². The Kier molecular flexibility index (Phi) is 4.15. The molecule has 11 heteroatoms. The van der Waals surface area contributed by atoms with Crippen molar-refractivity contribution in [1.29, 1.82) is 0 Å². The number of hydrogen-bond donors (Lipinski definition) is 3. The van der Waals surface area contributed by atoms with Crippen LogP contribution in [0.25, 0.3) is 16.7 Å². The molecule has 1 saturated heterocycles. The number of pyridine rings is 1. The molecule has 3 aromatic rings. The lowest BCUT2D eigenvalue weighted by molar-refractivity contribution is -0.0511. The van der Waals surface area contributed by atoms with Gasteiger partial charge >= 0.3 is 5.97 Å². The van der Waals surface area contributed by atoms with Crippen LogP contribution >= 0.6 is 0 Å². The first-order chi connectivity index (χ1) is 13.0. The van der Waals surface area contributed by atoms with Crippen LogP contribution in [0.3, 0.4) is 0 Å². The summed E-state index contributed by atoms with van der Waals surface area (Å²) in [5, 5.41) is 29.4. The highest BCUT2D eigenvalue weighted by Crippen LogP contribution is 2.31. The highest BCUT2D eigenvalue weighted by molar-refractivity contribution is 5.95. The molecule has 0 saturated carbocycles. The number of aliphatic hydroxyl groups is 3. The third-order valence-corrected chi connectivity index (χ3v) is 4.59. The third kappa shape index (κ3) is 2.59. The molecule has 27 heavy (non-hydrogen) atoms. The highest BCUT2D eigenvalue weighted by atomic mass is 16.6. The maximum Gasteiger partial charge on any atom is 0.338 e. The number of fused-ring (bicyclic) bond motifs is 3. The monoisotopic (exact) mass is 376 g/mol. The van der Waals surface area contributed by atoms with Gasteiger partial charge in [0.05, 0.1) is 31.1 Å². The van der Waals surface area contributed by atoms with E-state index in [0.29, 0.717) is 5.52 Å². The molecule has 0 unspecified atom stereocenters. The summed E-state index contributed by atoms with van der Waals surface area (Å²) in [4.78, 5) is 32.5. The van der Waals surface area contributed by atoms with Crippen LogP contribution < -0.4 is 5.56 Å². The summed E-state index contributed by atoms with van der Waals surface area (Å²) in [6.07, 6.45) is -1.94. The van der Waals surface area contributed by atoms with Crippen molar-refractivity contribution in [3.8, 4) is 0 Å². The van der Waals surface area contributed by atoms with Crippen molar-refractivity contribution in [2.45, 2.75) is 24.5 Å². The quantitative estimate of drug-likeness (QED) is 0.462. The SMILES string of the molecule is COC(=O)c1cc(=O)n2cnc3c(ncn3[C@H]3O[C@@H](CO)[C@@H](O)[C@H]3O)c2c1. The molecule has 4 heterocycles. The molecule has 0 aromatic carbocycles. The van der Waals surface area contributed by atoms with Crippen molar-refractivity contribution in [2.24, 2.45) is 0 Å². The molecule has 0 spiro atoms. The summed E-state index contributed by atoms with van der Waals surface area (Å²) in [5.41, 5.74) is 0.463. The van der Waals surface area contributed by atoms with Crippen molar-refractivity contribution in [1.82, 2.24) is 18.9 Å². The summed E-state index contributed by atoms with van der Waals surface area (Å²) < 4.78 is 12.8. The zero-order valence-corrected chi connectivity index (χ0v) is 14.1. The Hall–Kier alpha value is -2.86. The second-order valence-electron chi connectivity index (χ2n) is 6.13. The number of hydrogen-bond acceptors (Lipinski definition) is 9. The summed E-state index contributed by atoms with van der Waals surface area (Å²) >= 11 is 0. The first-order valence-electron chi connectivity index (χ1n) is 8.05. The van der Waals surface area contributed by atoms with Gasteiger partial charge in [-0.15, -0.1) is 0 Å². The van der Waals surface area contributed by atoms with Gasteiger partial charge in [-0.2, -0.15) is 0 Å². The van der Waals surface area contributed by atoms with Crippen molar-refractivity contribution in [3.05, 3.63) is 40.7 Å². The molecular weight excluding hydrogens is 360 g/mol. The van der Waals surface area contributed by atoms with Gasteiger partial charge in [0.2, 0.25) is 0 Å². The van der Waals surface area contributed by atoms with Crippen LogP contribution in [0.2, 0.25) is 0 Å². The Labute approximate surface area is 151 Å². The molecule has 3 N–H and O–H groups in total. The van der Waals surface area contributed by atoms with E-state index in [1.165, 1.54) is 34.8 Å². The van der Waals surface area contributed by atoms with E-state index >= 15 is 0 Å². The smallest absolute Gasteiger partial charge is 0.338 e. The van der Waals surface area contributed by atoms with E-state index in [1.807, 2.05) is 0 Å². The van der Waals surface area contributed by atoms with Crippen LogP contribution in [0.4, 0.5) is 0 Å². The van der Waals surface area contributed by atoms with Crippen LogP contribution in [-0.2, 0) is 9.47 Å². The minimum atomic E-state index is -1.30. The van der Waals surface area contributed by atoms with E-state index < -0.39 is 42.7 Å². The Morgan fingerprint density at radius 3 is 2.70 bits per heavy atom. The molecule has 1 aliphatic rings. The van der Waals surface area contributed by atoms with Gasteiger partial charge in [-0.05, 0) is 6.07 Å². The van der Waals surface area contributed by atoms with Crippen LogP contribution in [0, 0.1) is 0 Å². The summed E-state index contributed by atoms with van der Waals surface area (Å²) in [5.74, 6) is -0.664. The van der Waals surface area contributed by atoms with E-state index in [0.717, 1.165) is 6.07 Å². The fourth-order valence-electron chi connectivity index (χ4n) is 3.19. The second kappa shape index (κ2) is 6.39. The lowest BCUT2D eigenvalue weighted by atomic mass is 10.1. The molecule has 0 radical (unpaired) electrons. The Balaban J connectivity index is 1.89. The van der Waals surface area contributed by atoms with Gasteiger partial charge in [0.15, 0.2) is 11.9 Å². The first kappa shape index (κ1) is 17.5. The van der Waals surface area contributed by atoms with Gasteiger partial charge in [-0.3, -0.25) is 13.8 Å². The Morgan fingerprint density at radius 1 is 1.26 bits per heavy atom. The number of rotatable bonds is 3. The fourth-order valence-corrected chi connectivity index (χ4v) is 3.19. The summed E-state index contributed by atoms with van der Waals surface area (Å²) in [6.45, 7) is -0.463. The number of carbonyl (C=O) groups is 1. The molecule has 0 bridgehead atoms. The largest absolute Gasteiger partial charge is 0.465 e. The molecule has 4 rings (SSSR count). The van der Waals surface area contributed by atoms with E-state index in [-0.39, 0.29) is 16.7 Å². The van der Waals surface area contributed by atoms with Gasteiger partial charge < -0.3 is 24.8 Å². The standard InChI is InChI=1S/C16H16N4O7/c1-26-16(25)7-2-8-11-14(18-6-19(8)10(22)3-7)20(5-17-11)15-13(24)12(23)9(4-21)27-15/h2-3,5-6,9,12-13,15,21,23-24H,4H2,1H3/t9-,12+,13+,15-/m0/s1. The summed E-state index contributed by atoms with van der Waals surface area (Å²) in [6, 6.07) is 2.58. The molecule has 11 nitrogen and oxygen atoms in total. The van der Waals surface area contributed by atoms with Gasteiger partial charge in [0, 0.05) is 6.07 Å². The number of imidazole rings is 1. The number of methoxy groups -OCH3 is 1. The number of carbonyl (C=O) groups excluding carboxylic acids is 1. The lowest BCUT2D eigenvalue weighted by Crippen LogP contribution is -2.33. The average molecular weight is 376 g/mol. The van der Waals surface area contributed by atoms with E-state index in [4.69, 9.17) is 4.74 Å². The van der Waals surface area contributed by atoms with Crippen molar-refractivity contribution in [2.75, 3.05) is 13.7 Å². The number of nitrogens with zero attached hydrogens (tertiary/aromatic N) is 4. The Bertz CT molecular complexity index is 1090. The van der Waals surface area contributed by atoms with Gasteiger partial charge in [0.25, 0.3) is 5.56 Å². The zero-order valence-electron chi connectivity index (χ0n) is 14.1. The molecule has 4 atom stereocenters. The second-order valence-corrected chi connectivity index (χ2v) is 6.13. The molecule has 3 aromatic heterocycles. The third-order valence-electron chi connectivity index (χ3n) is 4.59. The number of esters is 1. The minimum Gasteiger partial charge on any atom is -0.465 e. The van der Waals surface area contributed by atoms with Crippen LogP contribution in [0.5, 0.6) is 0 Å². The molecule has 0 amide bonds.